The Kier molecular flexibility index (Phi) is 8.82. The number of fused-ring (bicyclic) bond motifs is 1. The second-order valence-electron chi connectivity index (χ2n) is 13.0. The highest BCUT2D eigenvalue weighted by molar-refractivity contribution is 9.10. The molecule has 228 valence electrons. The first kappa shape index (κ1) is 30.7. The average Bonchev–Trinajstić information content (AvgIpc) is 3.55. The van der Waals surface area contributed by atoms with Crippen LogP contribution in [-0.2, 0) is 9.47 Å². The van der Waals surface area contributed by atoms with Gasteiger partial charge in [-0.3, -0.25) is 0 Å². The molecule has 1 N–H and O–H groups in total. The van der Waals surface area contributed by atoms with Crippen LogP contribution >= 0.6 is 27.5 Å². The molecule has 0 saturated carbocycles. The van der Waals surface area contributed by atoms with E-state index in [1.807, 2.05) is 53.7 Å². The van der Waals surface area contributed by atoms with Gasteiger partial charge in [0.15, 0.2) is 5.65 Å². The second kappa shape index (κ2) is 12.1. The summed E-state index contributed by atoms with van der Waals surface area (Å²) in [4.78, 5) is 34.7. The number of likely N-dealkylation sites (tertiary alicyclic amines) is 1. The molecule has 42 heavy (non-hydrogen) atoms. The van der Waals surface area contributed by atoms with Crippen molar-refractivity contribution in [2.45, 2.75) is 90.3 Å². The largest absolute Gasteiger partial charge is 0.444 e. The summed E-state index contributed by atoms with van der Waals surface area (Å²) in [5.74, 6) is 0.932. The number of carbonyl (C=O) groups is 2. The summed E-state index contributed by atoms with van der Waals surface area (Å²) in [7, 11) is 0. The molecule has 0 spiro atoms. The number of carbonyl (C=O) groups excluding carboxylic acids is 2. The summed E-state index contributed by atoms with van der Waals surface area (Å²) in [6, 6.07) is 3.92. The molecule has 0 aromatic carbocycles. The number of piperidine rings is 2. The fourth-order valence-corrected chi connectivity index (χ4v) is 6.45. The molecule has 2 aliphatic rings. The van der Waals surface area contributed by atoms with Crippen molar-refractivity contribution in [2.24, 2.45) is 0 Å². The van der Waals surface area contributed by atoms with E-state index in [9.17, 15) is 9.59 Å². The van der Waals surface area contributed by atoms with Crippen LogP contribution in [-0.4, -0.2) is 73.4 Å². The molecular formula is C29H40BrN7O4S. The fourth-order valence-electron chi connectivity index (χ4n) is 5.28. The smallest absolute Gasteiger partial charge is 0.421 e. The van der Waals surface area contributed by atoms with Crippen molar-refractivity contribution in [3.8, 4) is 0 Å². The Bertz CT molecular complexity index is 1430. The van der Waals surface area contributed by atoms with Crippen LogP contribution in [0.5, 0.6) is 0 Å². The Morgan fingerprint density at radius 2 is 1.74 bits per heavy atom. The predicted octanol–water partition coefficient (Wildman–Crippen LogP) is 6.60. The molecule has 0 aliphatic carbocycles. The van der Waals surface area contributed by atoms with Gasteiger partial charge in [-0.2, -0.15) is 14.0 Å². The molecule has 11 nitrogen and oxygen atoms in total. The molecule has 1 unspecified atom stereocenters. The Morgan fingerprint density at radius 3 is 2.38 bits per heavy atom. The molecule has 2 amide bonds. The van der Waals surface area contributed by atoms with Crippen molar-refractivity contribution >= 4 is 56.1 Å². The van der Waals surface area contributed by atoms with E-state index >= 15 is 0 Å². The van der Waals surface area contributed by atoms with Crippen LogP contribution in [0.25, 0.3) is 5.65 Å². The van der Waals surface area contributed by atoms with Crippen LogP contribution < -0.4 is 10.2 Å². The Balaban J connectivity index is 1.46. The Hall–Kier alpha value is -2.77. The van der Waals surface area contributed by atoms with Crippen molar-refractivity contribution in [3.05, 3.63) is 34.2 Å². The molecule has 5 rings (SSSR count). The highest BCUT2D eigenvalue weighted by Gasteiger charge is 2.33. The van der Waals surface area contributed by atoms with Gasteiger partial charge in [-0.15, -0.1) is 0 Å². The number of halogens is 1. The van der Waals surface area contributed by atoms with Crippen LogP contribution in [0.2, 0.25) is 0 Å². The van der Waals surface area contributed by atoms with Gasteiger partial charge in [0.2, 0.25) is 0 Å². The van der Waals surface area contributed by atoms with E-state index in [4.69, 9.17) is 18.8 Å². The SMILES string of the molecule is CC(C)(C)OC(=O)N1CCC(c2cc(N(C(=O)OC(C)(C)C)c3cc(C4CCCNC4)nc4c(Br)cnn34)sn2)CC1. The quantitative estimate of drug-likeness (QED) is 0.333. The standard InChI is InChI=1S/C29H40BrN7O4S/c1-28(2,3)40-26(38)35-12-9-18(10-13-35)22-15-24(42-34-22)36(27(39)41-29(4,5)6)23-14-21(19-8-7-11-31-16-19)33-25-20(30)17-32-37(23)25/h14-15,17-19,31H,7-13,16H2,1-6H3. The lowest BCUT2D eigenvalue weighted by Crippen LogP contribution is -2.41. The number of amides is 2. The van der Waals surface area contributed by atoms with Crippen molar-refractivity contribution < 1.29 is 19.1 Å². The lowest BCUT2D eigenvalue weighted by molar-refractivity contribution is 0.0204. The van der Waals surface area contributed by atoms with Crippen LogP contribution in [0, 0.1) is 0 Å². The lowest BCUT2D eigenvalue weighted by Gasteiger charge is -2.33. The number of ether oxygens (including phenoxy) is 2. The highest BCUT2D eigenvalue weighted by atomic mass is 79.9. The molecule has 5 heterocycles. The van der Waals surface area contributed by atoms with E-state index in [0.29, 0.717) is 29.6 Å². The molecule has 0 bridgehead atoms. The third-order valence-corrected chi connectivity index (χ3v) is 8.60. The maximum absolute atomic E-state index is 13.9. The second-order valence-corrected chi connectivity index (χ2v) is 14.6. The number of aromatic nitrogens is 4. The lowest BCUT2D eigenvalue weighted by atomic mass is 9.94. The molecule has 2 aliphatic heterocycles. The molecule has 3 aromatic heterocycles. The summed E-state index contributed by atoms with van der Waals surface area (Å²) in [6.45, 7) is 14.2. The topological polar surface area (TPSA) is 114 Å². The van der Waals surface area contributed by atoms with Crippen molar-refractivity contribution in [3.63, 3.8) is 0 Å². The maximum atomic E-state index is 13.9. The van der Waals surface area contributed by atoms with Gasteiger partial charge in [0, 0.05) is 37.5 Å². The van der Waals surface area contributed by atoms with Gasteiger partial charge in [0.1, 0.15) is 22.0 Å². The van der Waals surface area contributed by atoms with Gasteiger partial charge in [0.05, 0.1) is 22.1 Å². The molecule has 2 saturated heterocycles. The number of anilines is 2. The summed E-state index contributed by atoms with van der Waals surface area (Å²) < 4.78 is 18.7. The van der Waals surface area contributed by atoms with E-state index in [-0.39, 0.29) is 17.9 Å². The molecule has 2 fully saturated rings. The van der Waals surface area contributed by atoms with Gasteiger partial charge >= 0.3 is 12.2 Å². The summed E-state index contributed by atoms with van der Waals surface area (Å²) >= 11 is 4.85. The zero-order valence-corrected chi connectivity index (χ0v) is 27.5. The summed E-state index contributed by atoms with van der Waals surface area (Å²) in [5.41, 5.74) is 1.21. The molecule has 0 radical (unpaired) electrons. The Morgan fingerprint density at radius 1 is 1.02 bits per heavy atom. The molecule has 13 heteroatoms. The van der Waals surface area contributed by atoms with Crippen molar-refractivity contribution in [1.29, 1.82) is 0 Å². The minimum Gasteiger partial charge on any atom is -0.444 e. The average molecular weight is 663 g/mol. The third kappa shape index (κ3) is 7.05. The highest BCUT2D eigenvalue weighted by Crippen LogP contribution is 2.38. The summed E-state index contributed by atoms with van der Waals surface area (Å²) in [6.07, 6.45) is 4.50. The minimum atomic E-state index is -0.704. The van der Waals surface area contributed by atoms with Gasteiger partial charge in [-0.05, 0) is 107 Å². The normalized spacial score (nSPS) is 18.7. The zero-order chi connectivity index (χ0) is 30.2. The van der Waals surface area contributed by atoms with E-state index in [1.54, 1.807) is 20.5 Å². The number of nitrogens with zero attached hydrogens (tertiary/aromatic N) is 6. The van der Waals surface area contributed by atoms with Crippen LogP contribution in [0.1, 0.15) is 90.4 Å². The predicted molar refractivity (Wildman–Crippen MR) is 166 cm³/mol. The molecule has 1 atom stereocenters. The first-order valence-corrected chi connectivity index (χ1v) is 16.1. The van der Waals surface area contributed by atoms with E-state index in [0.717, 1.165) is 54.6 Å². The minimum absolute atomic E-state index is 0.161. The Labute approximate surface area is 259 Å². The van der Waals surface area contributed by atoms with Crippen LogP contribution in [0.15, 0.2) is 22.8 Å². The van der Waals surface area contributed by atoms with E-state index < -0.39 is 17.3 Å². The third-order valence-electron chi connectivity index (χ3n) is 7.25. The summed E-state index contributed by atoms with van der Waals surface area (Å²) in [5, 5.41) is 8.66. The monoisotopic (exact) mass is 661 g/mol. The van der Waals surface area contributed by atoms with Crippen molar-refractivity contribution in [2.75, 3.05) is 31.1 Å². The van der Waals surface area contributed by atoms with Gasteiger partial charge in [-0.1, -0.05) is 0 Å². The van der Waals surface area contributed by atoms with Crippen LogP contribution in [0.3, 0.4) is 0 Å². The number of hydrogen-bond donors (Lipinski definition) is 1. The zero-order valence-electron chi connectivity index (χ0n) is 25.1. The maximum Gasteiger partial charge on any atom is 0.421 e. The fraction of sp³-hybridized carbons (Fsp3) is 0.621. The molecular weight excluding hydrogens is 622 g/mol. The number of hydrogen-bond acceptors (Lipinski definition) is 9. The van der Waals surface area contributed by atoms with Gasteiger partial charge in [0.25, 0.3) is 0 Å². The number of rotatable bonds is 4. The van der Waals surface area contributed by atoms with Crippen molar-refractivity contribution in [1.82, 2.24) is 29.2 Å². The van der Waals surface area contributed by atoms with Gasteiger partial charge < -0.3 is 19.7 Å². The van der Waals surface area contributed by atoms with Crippen LogP contribution in [0.4, 0.5) is 20.4 Å². The van der Waals surface area contributed by atoms with Gasteiger partial charge in [-0.25, -0.2) is 19.5 Å². The van der Waals surface area contributed by atoms with E-state index in [2.05, 4.69) is 26.3 Å². The first-order chi connectivity index (χ1) is 19.8. The molecule has 3 aromatic rings. The first-order valence-electron chi connectivity index (χ1n) is 14.5. The number of nitrogens with one attached hydrogen (secondary N) is 1. The van der Waals surface area contributed by atoms with E-state index in [1.165, 1.54) is 11.5 Å².